The molecule has 0 atom stereocenters. The second-order valence-electron chi connectivity index (χ2n) is 7.61. The van der Waals surface area contributed by atoms with Crippen LogP contribution in [0.1, 0.15) is 43.3 Å². The van der Waals surface area contributed by atoms with Gasteiger partial charge in [0.2, 0.25) is 0 Å². The topological polar surface area (TPSA) is 89.3 Å². The third-order valence-electron chi connectivity index (χ3n) is 4.71. The van der Waals surface area contributed by atoms with Gasteiger partial charge in [-0.1, -0.05) is 48.5 Å². The third-order valence-corrected chi connectivity index (χ3v) is 4.71. The highest BCUT2D eigenvalue weighted by molar-refractivity contribution is 5.73. The van der Waals surface area contributed by atoms with Crippen LogP contribution in [0, 0.1) is 0 Å². The lowest BCUT2D eigenvalue weighted by Crippen LogP contribution is -2.36. The van der Waals surface area contributed by atoms with Gasteiger partial charge in [-0.3, -0.25) is 0 Å². The van der Waals surface area contributed by atoms with Gasteiger partial charge in [0, 0.05) is 25.1 Å². The molecule has 31 heavy (non-hydrogen) atoms. The number of amides is 2. The molecule has 0 spiro atoms. The minimum Gasteiger partial charge on any atom is -0.374 e. The molecule has 0 aliphatic carbocycles. The Morgan fingerprint density at radius 1 is 1.06 bits per heavy atom. The van der Waals surface area contributed by atoms with Crippen LogP contribution in [0.2, 0.25) is 0 Å². The molecule has 2 aromatic carbocycles. The number of nitrogens with one attached hydrogen (secondary N) is 2. The summed E-state index contributed by atoms with van der Waals surface area (Å²) in [7, 11) is 0. The highest BCUT2D eigenvalue weighted by Crippen LogP contribution is 2.18. The van der Waals surface area contributed by atoms with Gasteiger partial charge >= 0.3 is 6.03 Å². The number of aromatic nitrogens is 2. The van der Waals surface area contributed by atoms with Crippen molar-refractivity contribution in [2.24, 2.45) is 0 Å². The molecule has 1 heterocycles. The van der Waals surface area contributed by atoms with E-state index in [0.717, 1.165) is 35.1 Å². The molecule has 0 aliphatic rings. The molecule has 3 rings (SSSR count). The van der Waals surface area contributed by atoms with Crippen molar-refractivity contribution in [3.8, 4) is 11.5 Å². The zero-order valence-corrected chi connectivity index (χ0v) is 18.4. The summed E-state index contributed by atoms with van der Waals surface area (Å²) in [6.45, 7) is 7.61. The molecule has 7 heteroatoms. The lowest BCUT2D eigenvalue weighted by atomic mass is 10.1. The van der Waals surface area contributed by atoms with Crippen LogP contribution in [-0.4, -0.2) is 28.8 Å². The third kappa shape index (κ3) is 7.22. The monoisotopic (exact) mass is 422 g/mol. The van der Waals surface area contributed by atoms with E-state index in [0.29, 0.717) is 31.4 Å². The number of hydrogen-bond acceptors (Lipinski definition) is 5. The molecule has 1 aromatic heterocycles. The smallest absolute Gasteiger partial charge is 0.315 e. The number of aryl methyl sites for hydroxylation is 1. The van der Waals surface area contributed by atoms with Crippen molar-refractivity contribution in [1.82, 2.24) is 20.8 Å². The van der Waals surface area contributed by atoms with Gasteiger partial charge in [0.05, 0.1) is 12.7 Å². The Labute approximate surface area is 183 Å². The van der Waals surface area contributed by atoms with Gasteiger partial charge in [-0.15, -0.1) is 0 Å². The number of urea groups is 1. The fourth-order valence-corrected chi connectivity index (χ4v) is 2.99. The summed E-state index contributed by atoms with van der Waals surface area (Å²) in [6, 6.07) is 15.8. The minimum absolute atomic E-state index is 0.182. The Balaban J connectivity index is 1.39. The average molecular weight is 423 g/mol. The SMILES string of the molecule is CCc1noc(-c2ccc(CCNC(=O)NCc3cccc(COC(C)C)c3)cc2)n1. The molecule has 7 nitrogen and oxygen atoms in total. The average Bonchev–Trinajstić information content (AvgIpc) is 3.26. The first-order chi connectivity index (χ1) is 15.0. The summed E-state index contributed by atoms with van der Waals surface area (Å²) < 4.78 is 10.9. The predicted molar refractivity (Wildman–Crippen MR) is 119 cm³/mol. The van der Waals surface area contributed by atoms with E-state index in [9.17, 15) is 4.79 Å². The van der Waals surface area contributed by atoms with Crippen LogP contribution in [0.15, 0.2) is 53.1 Å². The van der Waals surface area contributed by atoms with Crippen LogP contribution in [0.3, 0.4) is 0 Å². The summed E-state index contributed by atoms with van der Waals surface area (Å²) in [5.41, 5.74) is 4.16. The molecule has 0 radical (unpaired) electrons. The molecular formula is C24H30N4O3. The van der Waals surface area contributed by atoms with E-state index in [4.69, 9.17) is 9.26 Å². The van der Waals surface area contributed by atoms with Crippen molar-refractivity contribution in [1.29, 1.82) is 0 Å². The summed E-state index contributed by atoms with van der Waals surface area (Å²) in [4.78, 5) is 16.4. The lowest BCUT2D eigenvalue weighted by molar-refractivity contribution is 0.0657. The highest BCUT2D eigenvalue weighted by Gasteiger charge is 2.07. The Morgan fingerprint density at radius 2 is 1.84 bits per heavy atom. The summed E-state index contributed by atoms with van der Waals surface area (Å²) in [6.07, 6.45) is 1.67. The fraction of sp³-hybridized carbons (Fsp3) is 0.375. The Morgan fingerprint density at radius 3 is 2.55 bits per heavy atom. The number of ether oxygens (including phenoxy) is 1. The Hall–Kier alpha value is -3.19. The summed E-state index contributed by atoms with van der Waals surface area (Å²) >= 11 is 0. The first-order valence-corrected chi connectivity index (χ1v) is 10.7. The van der Waals surface area contributed by atoms with E-state index in [1.165, 1.54) is 0 Å². The van der Waals surface area contributed by atoms with Gasteiger partial charge in [0.1, 0.15) is 0 Å². The normalized spacial score (nSPS) is 11.0. The maximum atomic E-state index is 12.1. The van der Waals surface area contributed by atoms with Gasteiger partial charge in [-0.2, -0.15) is 4.98 Å². The van der Waals surface area contributed by atoms with Gasteiger partial charge in [0.25, 0.3) is 5.89 Å². The van der Waals surface area contributed by atoms with Crippen LogP contribution in [0.5, 0.6) is 0 Å². The molecular weight excluding hydrogens is 392 g/mol. The zero-order chi connectivity index (χ0) is 22.1. The van der Waals surface area contributed by atoms with Gasteiger partial charge in [-0.25, -0.2) is 4.79 Å². The molecule has 0 unspecified atom stereocenters. The van der Waals surface area contributed by atoms with E-state index in [1.54, 1.807) is 0 Å². The van der Waals surface area contributed by atoms with Crippen molar-refractivity contribution in [2.75, 3.05) is 6.54 Å². The number of benzene rings is 2. The van der Waals surface area contributed by atoms with Crippen molar-refractivity contribution in [2.45, 2.75) is 52.9 Å². The zero-order valence-electron chi connectivity index (χ0n) is 18.4. The first-order valence-electron chi connectivity index (χ1n) is 10.7. The summed E-state index contributed by atoms with van der Waals surface area (Å²) in [5, 5.41) is 9.71. The van der Waals surface area contributed by atoms with E-state index < -0.39 is 0 Å². The Kier molecular flexibility index (Phi) is 8.18. The second-order valence-corrected chi connectivity index (χ2v) is 7.61. The number of carbonyl (C=O) groups is 1. The van der Waals surface area contributed by atoms with Crippen LogP contribution in [-0.2, 0) is 30.7 Å². The molecule has 3 aromatic rings. The lowest BCUT2D eigenvalue weighted by Gasteiger charge is -2.10. The molecule has 2 N–H and O–H groups in total. The number of hydrogen-bond donors (Lipinski definition) is 2. The molecule has 2 amide bonds. The molecule has 164 valence electrons. The van der Waals surface area contributed by atoms with Gasteiger partial charge in [-0.05, 0) is 49.1 Å². The maximum absolute atomic E-state index is 12.1. The van der Waals surface area contributed by atoms with Crippen LogP contribution >= 0.6 is 0 Å². The molecule has 0 fully saturated rings. The van der Waals surface area contributed by atoms with Gasteiger partial charge < -0.3 is 19.9 Å². The molecule has 0 saturated heterocycles. The fourth-order valence-electron chi connectivity index (χ4n) is 2.99. The Bertz CT molecular complexity index is 967. The van der Waals surface area contributed by atoms with Crippen molar-refractivity contribution in [3.63, 3.8) is 0 Å². The van der Waals surface area contributed by atoms with Crippen LogP contribution in [0.25, 0.3) is 11.5 Å². The van der Waals surface area contributed by atoms with Gasteiger partial charge in [0.15, 0.2) is 5.82 Å². The largest absolute Gasteiger partial charge is 0.374 e. The van der Waals surface area contributed by atoms with E-state index >= 15 is 0 Å². The summed E-state index contributed by atoms with van der Waals surface area (Å²) in [5.74, 6) is 1.23. The number of rotatable bonds is 10. The van der Waals surface area contributed by atoms with Crippen molar-refractivity contribution in [3.05, 3.63) is 71.0 Å². The highest BCUT2D eigenvalue weighted by atomic mass is 16.5. The quantitative estimate of drug-likeness (QED) is 0.509. The van der Waals surface area contributed by atoms with E-state index in [2.05, 4.69) is 26.8 Å². The first kappa shape index (κ1) is 22.5. The second kappa shape index (κ2) is 11.3. The maximum Gasteiger partial charge on any atom is 0.315 e. The van der Waals surface area contributed by atoms with Crippen LogP contribution < -0.4 is 10.6 Å². The van der Waals surface area contributed by atoms with Crippen molar-refractivity contribution < 1.29 is 14.1 Å². The molecule has 0 aliphatic heterocycles. The number of nitrogens with zero attached hydrogens (tertiary/aromatic N) is 2. The molecule has 0 saturated carbocycles. The predicted octanol–water partition coefficient (Wildman–Crippen LogP) is 4.27. The standard InChI is InChI=1S/C24H30N4O3/c1-4-22-27-23(31-28-22)21-10-8-18(9-11-21)12-13-25-24(29)26-15-19-6-5-7-20(14-19)16-30-17(2)3/h5-11,14,17H,4,12-13,15-16H2,1-3H3,(H2,25,26,29). The van der Waals surface area contributed by atoms with Crippen molar-refractivity contribution >= 4 is 6.03 Å². The van der Waals surface area contributed by atoms with E-state index in [-0.39, 0.29) is 12.1 Å². The van der Waals surface area contributed by atoms with Crippen LogP contribution in [0.4, 0.5) is 4.79 Å². The minimum atomic E-state index is -0.182. The molecule has 0 bridgehead atoms. The van der Waals surface area contributed by atoms with E-state index in [1.807, 2.05) is 63.2 Å². The number of carbonyl (C=O) groups excluding carboxylic acids is 1.